The highest BCUT2D eigenvalue weighted by atomic mass is 32.2. The van der Waals surface area contributed by atoms with Gasteiger partial charge in [-0.3, -0.25) is 4.79 Å². The fraction of sp³-hybridized carbons (Fsp3) is 0.824. The fourth-order valence-corrected chi connectivity index (χ4v) is 5.19. The number of carbonyl (C=O) groups excluding carboxylic acids is 1. The third kappa shape index (κ3) is 5.62. The third-order valence-corrected chi connectivity index (χ3v) is 6.84. The van der Waals surface area contributed by atoms with Crippen LogP contribution >= 0.6 is 23.1 Å². The van der Waals surface area contributed by atoms with E-state index < -0.39 is 0 Å². The minimum Gasteiger partial charge on any atom is -0.357 e. The highest BCUT2D eigenvalue weighted by molar-refractivity contribution is 8.01. The summed E-state index contributed by atoms with van der Waals surface area (Å²) in [5.74, 6) is 0.733. The standard InChI is InChI=1S/C17H28N4OS2/c22-15(21-11-7-2-1-3-8-12-21)13-23-17-20-19-16(24-17)18-14-9-5-4-6-10-14/h14H,1-13H2,(H,18,19). The van der Waals surface area contributed by atoms with Gasteiger partial charge in [0, 0.05) is 19.1 Å². The van der Waals surface area contributed by atoms with Crippen LogP contribution in [0.5, 0.6) is 0 Å². The van der Waals surface area contributed by atoms with E-state index >= 15 is 0 Å². The van der Waals surface area contributed by atoms with Gasteiger partial charge < -0.3 is 10.2 Å². The molecule has 7 heteroatoms. The molecular weight excluding hydrogens is 340 g/mol. The van der Waals surface area contributed by atoms with Crippen LogP contribution in [0.3, 0.4) is 0 Å². The molecule has 0 aromatic carbocycles. The molecule has 134 valence electrons. The smallest absolute Gasteiger partial charge is 0.233 e. The Bertz CT molecular complexity index is 508. The van der Waals surface area contributed by atoms with Crippen molar-refractivity contribution in [2.75, 3.05) is 24.2 Å². The molecule has 1 saturated heterocycles. The number of carbonyl (C=O) groups is 1. The topological polar surface area (TPSA) is 58.1 Å². The second kappa shape index (κ2) is 9.61. The summed E-state index contributed by atoms with van der Waals surface area (Å²) >= 11 is 3.11. The number of rotatable bonds is 5. The molecule has 1 amide bonds. The summed E-state index contributed by atoms with van der Waals surface area (Å²) in [5.41, 5.74) is 0. The van der Waals surface area contributed by atoms with Gasteiger partial charge in [0.25, 0.3) is 0 Å². The minimum absolute atomic E-state index is 0.249. The van der Waals surface area contributed by atoms with Crippen molar-refractivity contribution in [3.8, 4) is 0 Å². The highest BCUT2D eigenvalue weighted by Gasteiger charge is 2.18. The maximum absolute atomic E-state index is 12.4. The molecule has 0 radical (unpaired) electrons. The summed E-state index contributed by atoms with van der Waals surface area (Å²) in [5, 5.41) is 12.9. The predicted octanol–water partition coefficient (Wildman–Crippen LogP) is 4.17. The highest BCUT2D eigenvalue weighted by Crippen LogP contribution is 2.28. The molecule has 2 aliphatic rings. The maximum Gasteiger partial charge on any atom is 0.233 e. The van der Waals surface area contributed by atoms with E-state index in [1.54, 1.807) is 11.3 Å². The van der Waals surface area contributed by atoms with Crippen molar-refractivity contribution in [2.24, 2.45) is 0 Å². The van der Waals surface area contributed by atoms with Crippen molar-refractivity contribution in [1.82, 2.24) is 15.1 Å². The molecule has 1 aromatic heterocycles. The van der Waals surface area contributed by atoms with E-state index in [0.717, 1.165) is 35.4 Å². The zero-order valence-electron chi connectivity index (χ0n) is 14.3. The number of amides is 1. The molecule has 0 unspecified atom stereocenters. The Morgan fingerprint density at radius 2 is 1.71 bits per heavy atom. The van der Waals surface area contributed by atoms with Gasteiger partial charge in [0.2, 0.25) is 11.0 Å². The molecule has 2 fully saturated rings. The van der Waals surface area contributed by atoms with E-state index in [1.165, 1.54) is 63.1 Å². The van der Waals surface area contributed by atoms with Gasteiger partial charge in [-0.05, 0) is 25.7 Å². The van der Waals surface area contributed by atoms with E-state index in [1.807, 2.05) is 4.90 Å². The Kier molecular flexibility index (Phi) is 7.20. The number of anilines is 1. The van der Waals surface area contributed by atoms with Crippen LogP contribution in [0.1, 0.15) is 64.2 Å². The second-order valence-electron chi connectivity index (χ2n) is 6.79. The molecule has 0 atom stereocenters. The van der Waals surface area contributed by atoms with Gasteiger partial charge >= 0.3 is 0 Å². The Morgan fingerprint density at radius 3 is 2.46 bits per heavy atom. The predicted molar refractivity (Wildman–Crippen MR) is 101 cm³/mol. The minimum atomic E-state index is 0.249. The number of thioether (sulfide) groups is 1. The largest absolute Gasteiger partial charge is 0.357 e. The summed E-state index contributed by atoms with van der Waals surface area (Å²) < 4.78 is 0.897. The van der Waals surface area contributed by atoms with E-state index in [9.17, 15) is 4.79 Å². The van der Waals surface area contributed by atoms with E-state index in [0.29, 0.717) is 11.8 Å². The Balaban J connectivity index is 1.43. The Hall–Kier alpha value is -0.820. The van der Waals surface area contributed by atoms with Gasteiger partial charge in [-0.1, -0.05) is 61.6 Å². The average Bonchev–Trinajstić information content (AvgIpc) is 3.01. The number of hydrogen-bond acceptors (Lipinski definition) is 6. The van der Waals surface area contributed by atoms with Crippen LogP contribution < -0.4 is 5.32 Å². The zero-order chi connectivity index (χ0) is 16.6. The number of nitrogens with one attached hydrogen (secondary N) is 1. The lowest BCUT2D eigenvalue weighted by Gasteiger charge is -2.24. The molecule has 1 aliphatic carbocycles. The van der Waals surface area contributed by atoms with Crippen LogP contribution in [-0.2, 0) is 4.79 Å². The lowest BCUT2D eigenvalue weighted by atomic mass is 9.96. The van der Waals surface area contributed by atoms with Crippen molar-refractivity contribution >= 4 is 34.1 Å². The number of aromatic nitrogens is 2. The number of hydrogen-bond donors (Lipinski definition) is 1. The van der Waals surface area contributed by atoms with Crippen molar-refractivity contribution in [2.45, 2.75) is 74.6 Å². The quantitative estimate of drug-likeness (QED) is 0.791. The first kappa shape index (κ1) is 18.0. The summed E-state index contributed by atoms with van der Waals surface area (Å²) in [6, 6.07) is 0.548. The van der Waals surface area contributed by atoms with Gasteiger partial charge in [0.15, 0.2) is 4.34 Å². The molecule has 1 aromatic rings. The third-order valence-electron chi connectivity index (χ3n) is 4.87. The number of likely N-dealkylation sites (tertiary alicyclic amines) is 1. The lowest BCUT2D eigenvalue weighted by Crippen LogP contribution is -2.35. The average molecular weight is 369 g/mol. The fourth-order valence-electron chi connectivity index (χ4n) is 3.46. The van der Waals surface area contributed by atoms with Gasteiger partial charge in [0.1, 0.15) is 0 Å². The summed E-state index contributed by atoms with van der Waals surface area (Å²) in [6.45, 7) is 1.84. The van der Waals surface area contributed by atoms with E-state index in [4.69, 9.17) is 0 Å². The van der Waals surface area contributed by atoms with Crippen LogP contribution in [0.2, 0.25) is 0 Å². The van der Waals surface area contributed by atoms with Gasteiger partial charge in [-0.2, -0.15) is 0 Å². The van der Waals surface area contributed by atoms with Crippen LogP contribution in [0.4, 0.5) is 5.13 Å². The Morgan fingerprint density at radius 1 is 1.04 bits per heavy atom. The lowest BCUT2D eigenvalue weighted by molar-refractivity contribution is -0.128. The monoisotopic (exact) mass is 368 g/mol. The molecule has 0 spiro atoms. The van der Waals surface area contributed by atoms with E-state index in [2.05, 4.69) is 15.5 Å². The van der Waals surface area contributed by atoms with Crippen molar-refractivity contribution in [1.29, 1.82) is 0 Å². The molecule has 5 nitrogen and oxygen atoms in total. The van der Waals surface area contributed by atoms with E-state index in [-0.39, 0.29) is 5.91 Å². The van der Waals surface area contributed by atoms with Crippen LogP contribution in [0.25, 0.3) is 0 Å². The van der Waals surface area contributed by atoms with Crippen LogP contribution in [0, 0.1) is 0 Å². The summed E-state index contributed by atoms with van der Waals surface area (Å²) in [4.78, 5) is 14.4. The first-order chi connectivity index (χ1) is 11.8. The van der Waals surface area contributed by atoms with Crippen molar-refractivity contribution in [3.63, 3.8) is 0 Å². The SMILES string of the molecule is O=C(CSc1nnc(NC2CCCCC2)s1)N1CCCCCCC1. The maximum atomic E-state index is 12.4. The molecule has 1 N–H and O–H groups in total. The number of nitrogens with zero attached hydrogens (tertiary/aromatic N) is 3. The first-order valence-electron chi connectivity index (χ1n) is 9.32. The van der Waals surface area contributed by atoms with Gasteiger partial charge in [-0.15, -0.1) is 10.2 Å². The molecule has 2 heterocycles. The van der Waals surface area contributed by atoms with Crippen molar-refractivity contribution < 1.29 is 4.79 Å². The normalized spacial score (nSPS) is 20.4. The molecule has 0 bridgehead atoms. The molecule has 1 saturated carbocycles. The Labute approximate surface area is 153 Å². The molecule has 3 rings (SSSR count). The van der Waals surface area contributed by atoms with Gasteiger partial charge in [0.05, 0.1) is 5.75 Å². The zero-order valence-corrected chi connectivity index (χ0v) is 16.0. The van der Waals surface area contributed by atoms with Crippen LogP contribution in [-0.4, -0.2) is 45.9 Å². The van der Waals surface area contributed by atoms with Crippen molar-refractivity contribution in [3.05, 3.63) is 0 Å². The first-order valence-corrected chi connectivity index (χ1v) is 11.1. The molecule has 24 heavy (non-hydrogen) atoms. The summed E-state index contributed by atoms with van der Waals surface area (Å²) in [7, 11) is 0. The second-order valence-corrected chi connectivity index (χ2v) is 8.99. The molecular formula is C17H28N4OS2. The van der Waals surface area contributed by atoms with Crippen LogP contribution in [0.15, 0.2) is 4.34 Å². The molecule has 1 aliphatic heterocycles. The summed E-state index contributed by atoms with van der Waals surface area (Å²) in [6.07, 6.45) is 12.5. The van der Waals surface area contributed by atoms with Gasteiger partial charge in [-0.25, -0.2) is 0 Å².